The number of carboxylic acids is 1. The first-order valence-corrected chi connectivity index (χ1v) is 6.75. The number of fused-ring (bicyclic) bond motifs is 1. The Labute approximate surface area is 128 Å². The van der Waals surface area contributed by atoms with Crippen LogP contribution in [-0.4, -0.2) is 34.1 Å². The van der Waals surface area contributed by atoms with Crippen molar-refractivity contribution in [1.82, 2.24) is 9.97 Å². The van der Waals surface area contributed by atoms with Gasteiger partial charge in [-0.05, 0) is 26.0 Å². The smallest absolute Gasteiger partial charge is 0.434 e. The average molecular weight is 331 g/mol. The Morgan fingerprint density at radius 2 is 1.83 bits per heavy atom. The minimum atomic E-state index is -4.95. The van der Waals surface area contributed by atoms with Crippen LogP contribution in [0.15, 0.2) is 12.1 Å². The van der Waals surface area contributed by atoms with Gasteiger partial charge in [-0.1, -0.05) is 0 Å². The number of halogens is 4. The zero-order chi connectivity index (χ0) is 17.4. The van der Waals surface area contributed by atoms with Crippen LogP contribution in [0.2, 0.25) is 0 Å². The molecule has 0 atom stereocenters. The summed E-state index contributed by atoms with van der Waals surface area (Å²) in [7, 11) is 0. The highest BCUT2D eigenvalue weighted by Gasteiger charge is 2.38. The van der Waals surface area contributed by atoms with Gasteiger partial charge in [0.2, 0.25) is 0 Å². The van der Waals surface area contributed by atoms with Crippen molar-refractivity contribution >= 4 is 22.8 Å². The fourth-order valence-corrected chi connectivity index (χ4v) is 2.19. The lowest BCUT2D eigenvalue weighted by atomic mass is 10.1. The number of hydrogen-bond acceptors (Lipinski definition) is 4. The molecule has 0 spiro atoms. The first-order chi connectivity index (χ1) is 10.7. The molecule has 0 amide bonds. The van der Waals surface area contributed by atoms with Gasteiger partial charge in [-0.25, -0.2) is 19.2 Å². The average Bonchev–Trinajstić information content (AvgIpc) is 2.46. The van der Waals surface area contributed by atoms with E-state index in [4.69, 9.17) is 5.11 Å². The van der Waals surface area contributed by atoms with Crippen molar-refractivity contribution in [3.8, 4) is 0 Å². The second kappa shape index (κ2) is 5.98. The Bertz CT molecular complexity index is 758. The Morgan fingerprint density at radius 1 is 1.22 bits per heavy atom. The quantitative estimate of drug-likeness (QED) is 0.871. The van der Waals surface area contributed by atoms with Crippen LogP contribution in [0.4, 0.5) is 23.4 Å². The second-order valence-corrected chi connectivity index (χ2v) is 4.70. The first-order valence-electron chi connectivity index (χ1n) is 6.75. The highest BCUT2D eigenvalue weighted by Crippen LogP contribution is 2.33. The summed E-state index contributed by atoms with van der Waals surface area (Å²) in [5, 5.41) is 8.81. The summed E-state index contributed by atoms with van der Waals surface area (Å²) in [6.45, 7) is 4.31. The van der Waals surface area contributed by atoms with Crippen LogP contribution in [-0.2, 0) is 6.18 Å². The molecule has 2 heterocycles. The number of aromatic carboxylic acids is 1. The number of hydrogen-bond donors (Lipinski definition) is 1. The molecule has 0 saturated carbocycles. The van der Waals surface area contributed by atoms with Crippen LogP contribution in [0.5, 0.6) is 0 Å². The van der Waals surface area contributed by atoms with E-state index in [0.29, 0.717) is 13.1 Å². The van der Waals surface area contributed by atoms with Crippen molar-refractivity contribution in [3.05, 3.63) is 29.2 Å². The molecule has 0 aliphatic rings. The summed E-state index contributed by atoms with van der Waals surface area (Å²) in [6.07, 6.45) is -4.95. The third-order valence-electron chi connectivity index (χ3n) is 3.30. The molecule has 2 aromatic heterocycles. The van der Waals surface area contributed by atoms with Gasteiger partial charge in [0.25, 0.3) is 0 Å². The standard InChI is InChI=1S/C14H13F4N3O2/c1-3-21(4-2)12-9(15)6-7-5-8(13(22)23)10(14(16,17)18)19-11(7)20-12/h5-6H,3-4H2,1-2H3,(H,22,23). The van der Waals surface area contributed by atoms with Gasteiger partial charge in [-0.2, -0.15) is 13.2 Å². The van der Waals surface area contributed by atoms with E-state index in [0.717, 1.165) is 12.1 Å². The van der Waals surface area contributed by atoms with Crippen molar-refractivity contribution < 1.29 is 27.5 Å². The molecule has 0 aliphatic carbocycles. The molecule has 0 fully saturated rings. The van der Waals surface area contributed by atoms with Crippen molar-refractivity contribution in [3.63, 3.8) is 0 Å². The number of alkyl halides is 3. The number of carboxylic acid groups (broad SMARTS) is 1. The molecule has 1 N–H and O–H groups in total. The molecule has 2 aromatic rings. The predicted octanol–water partition coefficient (Wildman–Crippen LogP) is 3.33. The highest BCUT2D eigenvalue weighted by molar-refractivity contribution is 5.93. The van der Waals surface area contributed by atoms with Gasteiger partial charge in [-0.15, -0.1) is 0 Å². The van der Waals surface area contributed by atoms with E-state index in [-0.39, 0.29) is 16.9 Å². The Kier molecular flexibility index (Phi) is 4.39. The lowest BCUT2D eigenvalue weighted by Gasteiger charge is -2.20. The largest absolute Gasteiger partial charge is 0.478 e. The summed E-state index contributed by atoms with van der Waals surface area (Å²) >= 11 is 0. The molecule has 0 aliphatic heterocycles. The van der Waals surface area contributed by atoms with E-state index in [9.17, 15) is 22.4 Å². The van der Waals surface area contributed by atoms with E-state index >= 15 is 0 Å². The molecular formula is C14H13F4N3O2. The van der Waals surface area contributed by atoms with Crippen molar-refractivity contribution in [2.45, 2.75) is 20.0 Å². The normalized spacial score (nSPS) is 11.7. The molecule has 23 heavy (non-hydrogen) atoms. The zero-order valence-corrected chi connectivity index (χ0v) is 12.3. The van der Waals surface area contributed by atoms with Gasteiger partial charge in [-0.3, -0.25) is 0 Å². The van der Waals surface area contributed by atoms with E-state index in [1.54, 1.807) is 13.8 Å². The lowest BCUT2D eigenvalue weighted by Crippen LogP contribution is -2.24. The second-order valence-electron chi connectivity index (χ2n) is 4.70. The molecule has 0 aromatic carbocycles. The van der Waals surface area contributed by atoms with Crippen LogP contribution >= 0.6 is 0 Å². The molecule has 0 unspecified atom stereocenters. The maximum Gasteiger partial charge on any atom is 0.434 e. The van der Waals surface area contributed by atoms with Gasteiger partial charge in [0, 0.05) is 18.5 Å². The van der Waals surface area contributed by atoms with Gasteiger partial charge < -0.3 is 10.0 Å². The topological polar surface area (TPSA) is 66.3 Å². The van der Waals surface area contributed by atoms with E-state index < -0.39 is 29.2 Å². The molecule has 0 bridgehead atoms. The van der Waals surface area contributed by atoms with E-state index in [1.807, 2.05) is 0 Å². The highest BCUT2D eigenvalue weighted by atomic mass is 19.4. The first kappa shape index (κ1) is 16.9. The monoisotopic (exact) mass is 331 g/mol. The summed E-state index contributed by atoms with van der Waals surface area (Å²) in [5.41, 5.74) is -2.95. The summed E-state index contributed by atoms with van der Waals surface area (Å²) in [4.78, 5) is 19.7. The summed E-state index contributed by atoms with van der Waals surface area (Å²) in [6, 6.07) is 1.67. The lowest BCUT2D eigenvalue weighted by molar-refractivity contribution is -0.141. The molecule has 0 saturated heterocycles. The summed E-state index contributed by atoms with van der Waals surface area (Å²) in [5.74, 6) is -2.66. The number of aromatic nitrogens is 2. The number of anilines is 1. The molecule has 0 radical (unpaired) electrons. The maximum absolute atomic E-state index is 14.1. The number of rotatable bonds is 4. The van der Waals surface area contributed by atoms with Gasteiger partial charge in [0.05, 0.1) is 5.56 Å². The Morgan fingerprint density at radius 3 is 2.30 bits per heavy atom. The SMILES string of the molecule is CCN(CC)c1nc2nc(C(F)(F)F)c(C(=O)O)cc2cc1F. The molecule has 2 rings (SSSR count). The third-order valence-corrected chi connectivity index (χ3v) is 3.30. The van der Waals surface area contributed by atoms with Crippen LogP contribution in [0, 0.1) is 5.82 Å². The Balaban J connectivity index is 2.76. The Hall–Kier alpha value is -2.45. The van der Waals surface area contributed by atoms with Crippen LogP contribution < -0.4 is 4.90 Å². The van der Waals surface area contributed by atoms with E-state index in [2.05, 4.69) is 9.97 Å². The van der Waals surface area contributed by atoms with Crippen molar-refractivity contribution in [2.75, 3.05) is 18.0 Å². The van der Waals surface area contributed by atoms with Crippen LogP contribution in [0.25, 0.3) is 11.0 Å². The third kappa shape index (κ3) is 3.17. The molecule has 9 heteroatoms. The van der Waals surface area contributed by atoms with E-state index in [1.165, 1.54) is 4.90 Å². The number of pyridine rings is 2. The fourth-order valence-electron chi connectivity index (χ4n) is 2.19. The molecule has 124 valence electrons. The predicted molar refractivity (Wildman–Crippen MR) is 75.0 cm³/mol. The van der Waals surface area contributed by atoms with Crippen LogP contribution in [0.3, 0.4) is 0 Å². The number of nitrogens with zero attached hydrogens (tertiary/aromatic N) is 3. The summed E-state index contributed by atoms with van der Waals surface area (Å²) < 4.78 is 53.0. The van der Waals surface area contributed by atoms with Gasteiger partial charge >= 0.3 is 12.1 Å². The van der Waals surface area contributed by atoms with Crippen molar-refractivity contribution in [1.29, 1.82) is 0 Å². The van der Waals surface area contributed by atoms with Crippen molar-refractivity contribution in [2.24, 2.45) is 0 Å². The van der Waals surface area contributed by atoms with Gasteiger partial charge in [0.1, 0.15) is 0 Å². The van der Waals surface area contributed by atoms with Gasteiger partial charge in [0.15, 0.2) is 23.0 Å². The number of carbonyl (C=O) groups is 1. The maximum atomic E-state index is 14.1. The molecular weight excluding hydrogens is 318 g/mol. The molecule has 5 nitrogen and oxygen atoms in total. The van der Waals surface area contributed by atoms with Crippen LogP contribution in [0.1, 0.15) is 29.9 Å². The minimum absolute atomic E-state index is 0.108. The minimum Gasteiger partial charge on any atom is -0.478 e. The zero-order valence-electron chi connectivity index (χ0n) is 12.3. The fraction of sp³-hybridized carbons (Fsp3) is 0.357.